The number of hydrogen-bond donors (Lipinski definition) is 0. The van der Waals surface area contributed by atoms with E-state index in [2.05, 4.69) is 19.8 Å². The Kier molecular flexibility index (Phi) is 4.07. The van der Waals surface area contributed by atoms with Crippen LogP contribution in [0.5, 0.6) is 0 Å². The first kappa shape index (κ1) is 11.3. The Morgan fingerprint density at radius 1 is 1.19 bits per heavy atom. The molecule has 0 atom stereocenters. The third-order valence-electron chi connectivity index (χ3n) is 2.82. The fourth-order valence-electron chi connectivity index (χ4n) is 1.85. The van der Waals surface area contributed by atoms with Gasteiger partial charge < -0.3 is 9.64 Å². The van der Waals surface area contributed by atoms with Crippen LogP contribution < -0.4 is 4.90 Å². The molecule has 88 valence electrons. The summed E-state index contributed by atoms with van der Waals surface area (Å²) in [6, 6.07) is 1.85. The second-order valence-corrected chi connectivity index (χ2v) is 3.87. The van der Waals surface area contributed by atoms with Gasteiger partial charge in [0.25, 0.3) is 0 Å². The standard InChI is InChI=1S/C11H18N4O/c1-16-10-9-14-5-7-15(8-6-14)11-12-3-2-4-13-11/h2-4H,5-10H2,1H3. The number of rotatable bonds is 4. The van der Waals surface area contributed by atoms with E-state index >= 15 is 0 Å². The number of methoxy groups -OCH3 is 1. The van der Waals surface area contributed by atoms with Crippen LogP contribution in [-0.2, 0) is 4.74 Å². The Bertz CT molecular complexity index is 298. The van der Waals surface area contributed by atoms with Crippen LogP contribution in [0.1, 0.15) is 0 Å². The largest absolute Gasteiger partial charge is 0.383 e. The van der Waals surface area contributed by atoms with Crippen LogP contribution >= 0.6 is 0 Å². The van der Waals surface area contributed by atoms with E-state index in [1.165, 1.54) is 0 Å². The maximum atomic E-state index is 5.08. The van der Waals surface area contributed by atoms with Crippen LogP contribution in [0.25, 0.3) is 0 Å². The van der Waals surface area contributed by atoms with Crippen molar-refractivity contribution in [2.45, 2.75) is 0 Å². The van der Waals surface area contributed by atoms with Gasteiger partial charge in [-0.2, -0.15) is 0 Å². The van der Waals surface area contributed by atoms with Crippen molar-refractivity contribution in [1.29, 1.82) is 0 Å². The topological polar surface area (TPSA) is 41.5 Å². The van der Waals surface area contributed by atoms with Crippen molar-refractivity contribution >= 4 is 5.95 Å². The van der Waals surface area contributed by atoms with E-state index < -0.39 is 0 Å². The minimum Gasteiger partial charge on any atom is -0.383 e. The van der Waals surface area contributed by atoms with E-state index in [9.17, 15) is 0 Å². The molecule has 1 aliphatic heterocycles. The monoisotopic (exact) mass is 222 g/mol. The molecule has 1 fully saturated rings. The van der Waals surface area contributed by atoms with E-state index in [0.29, 0.717) is 0 Å². The van der Waals surface area contributed by atoms with Gasteiger partial charge in [0.1, 0.15) is 0 Å². The summed E-state index contributed by atoms with van der Waals surface area (Å²) in [5.41, 5.74) is 0. The fourth-order valence-corrected chi connectivity index (χ4v) is 1.85. The van der Waals surface area contributed by atoms with E-state index in [1.54, 1.807) is 19.5 Å². The maximum absolute atomic E-state index is 5.08. The lowest BCUT2D eigenvalue weighted by Crippen LogP contribution is -2.47. The molecule has 16 heavy (non-hydrogen) atoms. The zero-order chi connectivity index (χ0) is 11.2. The number of anilines is 1. The van der Waals surface area contributed by atoms with Crippen molar-refractivity contribution < 1.29 is 4.74 Å². The second kappa shape index (κ2) is 5.77. The smallest absolute Gasteiger partial charge is 0.225 e. The molecular weight excluding hydrogens is 204 g/mol. The van der Waals surface area contributed by atoms with Gasteiger partial charge in [-0.1, -0.05) is 0 Å². The van der Waals surface area contributed by atoms with Crippen LogP contribution in [0, 0.1) is 0 Å². The minimum atomic E-state index is 0.807. The second-order valence-electron chi connectivity index (χ2n) is 3.87. The average Bonchev–Trinajstić information content (AvgIpc) is 2.38. The van der Waals surface area contributed by atoms with Gasteiger partial charge >= 0.3 is 0 Å². The van der Waals surface area contributed by atoms with E-state index in [4.69, 9.17) is 4.74 Å². The van der Waals surface area contributed by atoms with Gasteiger partial charge in [-0.15, -0.1) is 0 Å². The van der Waals surface area contributed by atoms with Crippen molar-refractivity contribution in [3.8, 4) is 0 Å². The van der Waals surface area contributed by atoms with Crippen LogP contribution in [0.2, 0.25) is 0 Å². The Morgan fingerprint density at radius 2 is 1.88 bits per heavy atom. The lowest BCUT2D eigenvalue weighted by atomic mass is 10.3. The van der Waals surface area contributed by atoms with Crippen LogP contribution in [0.3, 0.4) is 0 Å². The molecule has 0 spiro atoms. The molecule has 1 saturated heterocycles. The molecule has 0 N–H and O–H groups in total. The zero-order valence-electron chi connectivity index (χ0n) is 9.67. The van der Waals surface area contributed by atoms with Gasteiger partial charge in [-0.3, -0.25) is 4.90 Å². The molecule has 0 amide bonds. The molecule has 2 rings (SSSR count). The molecule has 0 aliphatic carbocycles. The first-order chi connectivity index (χ1) is 7.90. The summed E-state index contributed by atoms with van der Waals surface area (Å²) in [7, 11) is 1.74. The first-order valence-electron chi connectivity index (χ1n) is 5.63. The third kappa shape index (κ3) is 2.90. The molecule has 0 aromatic carbocycles. The summed E-state index contributed by atoms with van der Waals surface area (Å²) in [6.07, 6.45) is 3.58. The Morgan fingerprint density at radius 3 is 2.50 bits per heavy atom. The summed E-state index contributed by atoms with van der Waals surface area (Å²) in [5.74, 6) is 0.842. The van der Waals surface area contributed by atoms with E-state index in [-0.39, 0.29) is 0 Å². The molecule has 0 radical (unpaired) electrons. The summed E-state index contributed by atoms with van der Waals surface area (Å²) >= 11 is 0. The summed E-state index contributed by atoms with van der Waals surface area (Å²) in [4.78, 5) is 13.2. The van der Waals surface area contributed by atoms with E-state index in [1.807, 2.05) is 6.07 Å². The molecule has 1 aromatic heterocycles. The molecule has 0 bridgehead atoms. The molecule has 5 heteroatoms. The van der Waals surface area contributed by atoms with Crippen molar-refractivity contribution in [3.05, 3.63) is 18.5 Å². The van der Waals surface area contributed by atoms with Gasteiger partial charge in [0, 0.05) is 52.2 Å². The van der Waals surface area contributed by atoms with Crippen molar-refractivity contribution in [3.63, 3.8) is 0 Å². The molecule has 5 nitrogen and oxygen atoms in total. The van der Waals surface area contributed by atoms with Crippen LogP contribution in [-0.4, -0.2) is 61.3 Å². The van der Waals surface area contributed by atoms with Gasteiger partial charge in [0.05, 0.1) is 6.61 Å². The van der Waals surface area contributed by atoms with Crippen molar-refractivity contribution in [2.75, 3.05) is 51.3 Å². The number of aromatic nitrogens is 2. The SMILES string of the molecule is COCCN1CCN(c2ncccn2)CC1. The van der Waals surface area contributed by atoms with Crippen LogP contribution in [0.15, 0.2) is 18.5 Å². The van der Waals surface area contributed by atoms with Gasteiger partial charge in [-0.25, -0.2) is 9.97 Å². The summed E-state index contributed by atoms with van der Waals surface area (Å²) in [6.45, 7) is 5.92. The van der Waals surface area contributed by atoms with E-state index in [0.717, 1.165) is 45.3 Å². The Hall–Kier alpha value is -1.20. The zero-order valence-corrected chi connectivity index (χ0v) is 9.67. The number of ether oxygens (including phenoxy) is 1. The summed E-state index contributed by atoms with van der Waals surface area (Å²) < 4.78 is 5.08. The molecule has 1 aromatic rings. The number of piperazine rings is 1. The molecule has 2 heterocycles. The molecule has 1 aliphatic rings. The fraction of sp³-hybridized carbons (Fsp3) is 0.636. The lowest BCUT2D eigenvalue weighted by molar-refractivity contribution is 0.143. The normalized spacial score (nSPS) is 17.7. The highest BCUT2D eigenvalue weighted by molar-refractivity contribution is 5.29. The molecule has 0 saturated carbocycles. The molecular formula is C11H18N4O. The lowest BCUT2D eigenvalue weighted by Gasteiger charge is -2.34. The van der Waals surface area contributed by atoms with Crippen LogP contribution in [0.4, 0.5) is 5.95 Å². The van der Waals surface area contributed by atoms with Crippen molar-refractivity contribution in [2.24, 2.45) is 0 Å². The number of hydrogen-bond acceptors (Lipinski definition) is 5. The van der Waals surface area contributed by atoms with Crippen molar-refractivity contribution in [1.82, 2.24) is 14.9 Å². The first-order valence-corrected chi connectivity index (χ1v) is 5.63. The predicted molar refractivity (Wildman–Crippen MR) is 62.6 cm³/mol. The number of nitrogens with zero attached hydrogens (tertiary/aromatic N) is 4. The Labute approximate surface area is 96.1 Å². The highest BCUT2D eigenvalue weighted by Gasteiger charge is 2.17. The van der Waals surface area contributed by atoms with Gasteiger partial charge in [0.15, 0.2) is 0 Å². The maximum Gasteiger partial charge on any atom is 0.225 e. The summed E-state index contributed by atoms with van der Waals surface area (Å²) in [5, 5.41) is 0. The third-order valence-corrected chi connectivity index (χ3v) is 2.82. The predicted octanol–water partition coefficient (Wildman–Crippen LogP) is 0.245. The molecule has 0 unspecified atom stereocenters. The quantitative estimate of drug-likeness (QED) is 0.730. The highest BCUT2D eigenvalue weighted by atomic mass is 16.5. The highest BCUT2D eigenvalue weighted by Crippen LogP contribution is 2.08. The van der Waals surface area contributed by atoms with Gasteiger partial charge in [0.2, 0.25) is 5.95 Å². The minimum absolute atomic E-state index is 0.807. The Balaban J connectivity index is 1.81. The average molecular weight is 222 g/mol. The van der Waals surface area contributed by atoms with Gasteiger partial charge in [-0.05, 0) is 6.07 Å².